The molecule has 0 amide bonds. The van der Waals surface area contributed by atoms with Crippen LogP contribution in [-0.2, 0) is 0 Å². The van der Waals surface area contributed by atoms with Crippen LogP contribution in [0.15, 0.2) is 42.5 Å². The smallest absolute Gasteiger partial charge is 0.387 e. The van der Waals surface area contributed by atoms with E-state index < -0.39 is 6.61 Å². The molecule has 0 unspecified atom stereocenters. The maximum absolute atomic E-state index is 12.2. The van der Waals surface area contributed by atoms with Gasteiger partial charge in [-0.3, -0.25) is 0 Å². The molecule has 0 heterocycles. The van der Waals surface area contributed by atoms with Crippen molar-refractivity contribution in [3.05, 3.63) is 53.1 Å². The Morgan fingerprint density at radius 3 is 2.45 bits per heavy atom. The van der Waals surface area contributed by atoms with Crippen molar-refractivity contribution in [1.29, 1.82) is 0 Å². The third-order valence-corrected chi connectivity index (χ3v) is 3.33. The fourth-order valence-electron chi connectivity index (χ4n) is 1.79. The van der Waals surface area contributed by atoms with E-state index in [-0.39, 0.29) is 5.75 Å². The van der Waals surface area contributed by atoms with Crippen LogP contribution in [0.1, 0.15) is 5.56 Å². The Balaban J connectivity index is 2.04. The summed E-state index contributed by atoms with van der Waals surface area (Å²) in [6, 6.07) is 11.8. The first-order valence-corrected chi connectivity index (χ1v) is 7.12. The van der Waals surface area contributed by atoms with Gasteiger partial charge in [-0.15, -0.1) is 0 Å². The summed E-state index contributed by atoms with van der Waals surface area (Å²) < 4.78 is 28.7. The van der Waals surface area contributed by atoms with Gasteiger partial charge in [-0.05, 0) is 55.0 Å². The van der Waals surface area contributed by atoms with Crippen LogP contribution in [-0.4, -0.2) is 11.7 Å². The zero-order valence-electron chi connectivity index (χ0n) is 11.6. The first kappa shape index (κ1) is 16.5. The van der Waals surface area contributed by atoms with E-state index in [4.69, 9.17) is 23.8 Å². The number of hydrogen-bond acceptors (Lipinski definition) is 2. The summed E-state index contributed by atoms with van der Waals surface area (Å²) in [5.41, 5.74) is 2.09. The van der Waals surface area contributed by atoms with Crippen LogP contribution in [0.3, 0.4) is 0 Å². The highest BCUT2D eigenvalue weighted by atomic mass is 35.5. The molecule has 0 saturated carbocycles. The Labute approximate surface area is 137 Å². The summed E-state index contributed by atoms with van der Waals surface area (Å²) in [6.45, 7) is -1.08. The average Bonchev–Trinajstić information content (AvgIpc) is 2.44. The lowest BCUT2D eigenvalue weighted by Crippen LogP contribution is -2.19. The minimum Gasteiger partial charge on any atom is -0.435 e. The molecule has 3 nitrogen and oxygen atoms in total. The van der Waals surface area contributed by atoms with E-state index in [0.29, 0.717) is 21.5 Å². The van der Waals surface area contributed by atoms with Crippen LogP contribution in [0.4, 0.5) is 20.2 Å². The molecule has 0 radical (unpaired) electrons. The molecule has 0 fully saturated rings. The molecule has 7 heteroatoms. The summed E-state index contributed by atoms with van der Waals surface area (Å²) in [5.74, 6) is 0.100. The van der Waals surface area contributed by atoms with Crippen molar-refractivity contribution in [2.45, 2.75) is 13.5 Å². The van der Waals surface area contributed by atoms with E-state index in [1.807, 2.05) is 12.1 Å². The molecule has 0 aliphatic carbocycles. The van der Waals surface area contributed by atoms with Crippen LogP contribution in [0.5, 0.6) is 5.75 Å². The number of rotatable bonds is 4. The van der Waals surface area contributed by atoms with Crippen LogP contribution in [0.25, 0.3) is 0 Å². The first-order chi connectivity index (χ1) is 10.5. The molecule has 0 aliphatic heterocycles. The topological polar surface area (TPSA) is 33.3 Å². The van der Waals surface area contributed by atoms with Gasteiger partial charge < -0.3 is 15.4 Å². The van der Waals surface area contributed by atoms with Gasteiger partial charge in [-0.2, -0.15) is 8.78 Å². The molecule has 0 saturated heterocycles. The normalized spacial score (nSPS) is 10.4. The van der Waals surface area contributed by atoms with Gasteiger partial charge in [-0.25, -0.2) is 0 Å². The molecule has 0 atom stereocenters. The standard InChI is InChI=1S/C15H13ClF2N2OS/c1-9-8-10(21-14(17)18)6-7-12(9)19-15(22)20-13-5-3-2-4-11(13)16/h2-8,14H,1H3,(H2,19,20,22). The van der Waals surface area contributed by atoms with Crippen molar-refractivity contribution in [2.24, 2.45) is 0 Å². The molecule has 0 spiro atoms. The number of aryl methyl sites for hydroxylation is 1. The lowest BCUT2D eigenvalue weighted by atomic mass is 10.2. The Kier molecular flexibility index (Phi) is 5.51. The SMILES string of the molecule is Cc1cc(OC(F)F)ccc1NC(=S)Nc1ccccc1Cl. The van der Waals surface area contributed by atoms with Gasteiger partial charge in [0.25, 0.3) is 0 Å². The zero-order chi connectivity index (χ0) is 16.1. The Bertz CT molecular complexity index is 682. The average molecular weight is 343 g/mol. The van der Waals surface area contributed by atoms with Crippen LogP contribution < -0.4 is 15.4 Å². The monoisotopic (exact) mass is 342 g/mol. The third kappa shape index (κ3) is 4.54. The summed E-state index contributed by atoms with van der Waals surface area (Å²) in [6.07, 6.45) is 0. The third-order valence-electron chi connectivity index (χ3n) is 2.79. The second kappa shape index (κ2) is 7.38. The maximum Gasteiger partial charge on any atom is 0.387 e. The molecule has 0 aliphatic rings. The first-order valence-electron chi connectivity index (χ1n) is 6.33. The van der Waals surface area contributed by atoms with Crippen molar-refractivity contribution >= 4 is 40.3 Å². The number of nitrogens with one attached hydrogen (secondary N) is 2. The highest BCUT2D eigenvalue weighted by molar-refractivity contribution is 7.80. The minimum atomic E-state index is -2.85. The highest BCUT2D eigenvalue weighted by Gasteiger charge is 2.08. The van der Waals surface area contributed by atoms with E-state index in [0.717, 1.165) is 5.56 Å². The maximum atomic E-state index is 12.2. The number of hydrogen-bond donors (Lipinski definition) is 2. The quantitative estimate of drug-likeness (QED) is 0.761. The number of benzene rings is 2. The van der Waals surface area contributed by atoms with E-state index >= 15 is 0 Å². The fourth-order valence-corrected chi connectivity index (χ4v) is 2.19. The molecule has 2 N–H and O–H groups in total. The van der Waals surface area contributed by atoms with E-state index in [9.17, 15) is 8.78 Å². The molecule has 2 rings (SSSR count). The molecule has 22 heavy (non-hydrogen) atoms. The Morgan fingerprint density at radius 2 is 1.82 bits per heavy atom. The lowest BCUT2D eigenvalue weighted by molar-refractivity contribution is -0.0498. The van der Waals surface area contributed by atoms with Gasteiger partial charge in [0.15, 0.2) is 5.11 Å². The van der Waals surface area contributed by atoms with Crippen molar-refractivity contribution in [1.82, 2.24) is 0 Å². The largest absolute Gasteiger partial charge is 0.435 e. The number of para-hydroxylation sites is 1. The number of alkyl halides is 2. The van der Waals surface area contributed by atoms with Gasteiger partial charge in [-0.1, -0.05) is 23.7 Å². The summed E-state index contributed by atoms with van der Waals surface area (Å²) in [4.78, 5) is 0. The Morgan fingerprint density at radius 1 is 1.14 bits per heavy atom. The summed E-state index contributed by atoms with van der Waals surface area (Å²) in [5, 5.41) is 6.85. The molecule has 2 aromatic rings. The number of thiocarbonyl (C=S) groups is 1. The second-order valence-corrected chi connectivity index (χ2v) is 5.23. The second-order valence-electron chi connectivity index (χ2n) is 4.41. The molecule has 0 bridgehead atoms. The molecule has 0 aromatic heterocycles. The van der Waals surface area contributed by atoms with Crippen molar-refractivity contribution in [2.75, 3.05) is 10.6 Å². The van der Waals surface area contributed by atoms with Crippen molar-refractivity contribution in [3.8, 4) is 5.75 Å². The van der Waals surface area contributed by atoms with Gasteiger partial charge in [0.2, 0.25) is 0 Å². The van der Waals surface area contributed by atoms with Gasteiger partial charge >= 0.3 is 6.61 Å². The fraction of sp³-hybridized carbons (Fsp3) is 0.133. The van der Waals surface area contributed by atoms with Gasteiger partial charge in [0, 0.05) is 5.69 Å². The number of ether oxygens (including phenoxy) is 1. The molecule has 2 aromatic carbocycles. The predicted octanol–water partition coefficient (Wildman–Crippen LogP) is 5.06. The van der Waals surface area contributed by atoms with E-state index in [2.05, 4.69) is 15.4 Å². The highest BCUT2D eigenvalue weighted by Crippen LogP contribution is 2.24. The number of anilines is 2. The number of halogens is 3. The molecular weight excluding hydrogens is 330 g/mol. The van der Waals surface area contributed by atoms with Crippen molar-refractivity contribution in [3.63, 3.8) is 0 Å². The summed E-state index contributed by atoms with van der Waals surface area (Å²) in [7, 11) is 0. The molecular formula is C15H13ClF2N2OS. The van der Waals surface area contributed by atoms with Gasteiger partial charge in [0.05, 0.1) is 10.7 Å². The van der Waals surface area contributed by atoms with Crippen molar-refractivity contribution < 1.29 is 13.5 Å². The predicted molar refractivity (Wildman–Crippen MR) is 89.1 cm³/mol. The molecule has 116 valence electrons. The zero-order valence-corrected chi connectivity index (χ0v) is 13.1. The van der Waals surface area contributed by atoms with E-state index in [1.165, 1.54) is 12.1 Å². The minimum absolute atomic E-state index is 0.100. The Hall–Kier alpha value is -1.92. The van der Waals surface area contributed by atoms with E-state index in [1.54, 1.807) is 25.1 Å². The summed E-state index contributed by atoms with van der Waals surface area (Å²) >= 11 is 11.2. The van der Waals surface area contributed by atoms with Crippen LogP contribution in [0.2, 0.25) is 5.02 Å². The van der Waals surface area contributed by atoms with Crippen LogP contribution >= 0.6 is 23.8 Å². The van der Waals surface area contributed by atoms with Gasteiger partial charge in [0.1, 0.15) is 5.75 Å². The lowest BCUT2D eigenvalue weighted by Gasteiger charge is -2.14. The van der Waals surface area contributed by atoms with Crippen LogP contribution in [0, 0.1) is 6.92 Å².